The lowest BCUT2D eigenvalue weighted by Crippen LogP contribution is -1.98. The van der Waals surface area contributed by atoms with Gasteiger partial charge < -0.3 is 4.98 Å². The Morgan fingerprint density at radius 3 is 2.24 bits per heavy atom. The first-order valence-electron chi connectivity index (χ1n) is 11.5. The highest BCUT2D eigenvalue weighted by Gasteiger charge is 2.21. The Morgan fingerprint density at radius 2 is 1.45 bits per heavy atom. The van der Waals surface area contributed by atoms with E-state index < -0.39 is 0 Å². The van der Waals surface area contributed by atoms with Gasteiger partial charge in [-0.05, 0) is 74.7 Å². The molecule has 0 unspecified atom stereocenters. The van der Waals surface area contributed by atoms with Gasteiger partial charge in [0.2, 0.25) is 0 Å². The highest BCUT2D eigenvalue weighted by atomic mass is 14.7. The Balaban J connectivity index is 1.74. The predicted molar refractivity (Wildman–Crippen MR) is 144 cm³/mol. The molecule has 0 fully saturated rings. The molecule has 1 nitrogen and oxygen atoms in total. The van der Waals surface area contributed by atoms with E-state index in [1.165, 1.54) is 49.5 Å². The van der Waals surface area contributed by atoms with Crippen LogP contribution in [0.4, 0.5) is 0 Å². The third kappa shape index (κ3) is 3.01. The van der Waals surface area contributed by atoms with Gasteiger partial charge in [-0.1, -0.05) is 92.1 Å². The highest BCUT2D eigenvalue weighted by Crippen LogP contribution is 2.45. The van der Waals surface area contributed by atoms with Crippen molar-refractivity contribution in [3.8, 4) is 22.3 Å². The van der Waals surface area contributed by atoms with E-state index in [1.807, 2.05) is 12.2 Å². The van der Waals surface area contributed by atoms with E-state index in [0.717, 1.165) is 29.5 Å². The molecule has 0 bridgehead atoms. The first-order chi connectivity index (χ1) is 16.3. The fourth-order valence-electron chi connectivity index (χ4n) is 5.36. The Bertz CT molecular complexity index is 1590. The molecule has 33 heavy (non-hydrogen) atoms. The topological polar surface area (TPSA) is 15.8 Å². The van der Waals surface area contributed by atoms with Crippen LogP contribution >= 0.6 is 0 Å². The summed E-state index contributed by atoms with van der Waals surface area (Å²) in [6.07, 6.45) is 12.9. The predicted octanol–water partition coefficient (Wildman–Crippen LogP) is 8.90. The Hall–Kier alpha value is -4.10. The van der Waals surface area contributed by atoms with Crippen LogP contribution in [0.2, 0.25) is 0 Å². The maximum atomic E-state index is 4.24. The van der Waals surface area contributed by atoms with Crippen LogP contribution in [0.15, 0.2) is 92.2 Å². The molecule has 0 saturated heterocycles. The highest BCUT2D eigenvalue weighted by molar-refractivity contribution is 6.14. The van der Waals surface area contributed by atoms with Crippen molar-refractivity contribution >= 4 is 39.9 Å². The zero-order valence-electron chi connectivity index (χ0n) is 18.6. The number of benzene rings is 4. The van der Waals surface area contributed by atoms with Crippen molar-refractivity contribution in [2.24, 2.45) is 0 Å². The van der Waals surface area contributed by atoms with Gasteiger partial charge in [0.15, 0.2) is 0 Å². The molecule has 0 saturated carbocycles. The van der Waals surface area contributed by atoms with Crippen molar-refractivity contribution in [1.29, 1.82) is 0 Å². The number of fused-ring (bicyclic) bond motifs is 3. The Morgan fingerprint density at radius 1 is 0.758 bits per heavy atom. The van der Waals surface area contributed by atoms with Gasteiger partial charge in [0.1, 0.15) is 0 Å². The average Bonchev–Trinajstić information content (AvgIpc) is 3.30. The van der Waals surface area contributed by atoms with Crippen LogP contribution in [0.5, 0.6) is 0 Å². The summed E-state index contributed by atoms with van der Waals surface area (Å²) in [7, 11) is 0. The van der Waals surface area contributed by atoms with Crippen molar-refractivity contribution in [3.63, 3.8) is 0 Å². The molecule has 0 aliphatic heterocycles. The molecule has 1 heteroatoms. The second-order valence-corrected chi connectivity index (χ2v) is 8.63. The minimum Gasteiger partial charge on any atom is -0.361 e. The van der Waals surface area contributed by atoms with Crippen LogP contribution in [0.3, 0.4) is 0 Å². The molecular formula is C32H25N. The number of nitrogens with one attached hydrogen (secondary N) is 1. The van der Waals surface area contributed by atoms with Crippen molar-refractivity contribution in [2.75, 3.05) is 0 Å². The third-order valence-corrected chi connectivity index (χ3v) is 6.87. The van der Waals surface area contributed by atoms with Gasteiger partial charge in [0.25, 0.3) is 0 Å². The molecule has 0 spiro atoms. The summed E-state index contributed by atoms with van der Waals surface area (Å²) in [5.74, 6) is 0. The standard InChI is InChI=1S/C32H25N/c1-3-24-25(4-2)32(29-20-33-30-16-10-9-13-26(29)30)28-15-8-7-14-27(28)31(24)23-18-17-21-11-5-6-12-22(21)19-23/h3-4,6-10,12-20,33H,1-2,5,11H2. The van der Waals surface area contributed by atoms with Crippen molar-refractivity contribution < 1.29 is 0 Å². The first-order valence-corrected chi connectivity index (χ1v) is 11.5. The second-order valence-electron chi connectivity index (χ2n) is 8.63. The summed E-state index contributed by atoms with van der Waals surface area (Å²) in [5, 5.41) is 3.68. The summed E-state index contributed by atoms with van der Waals surface area (Å²) >= 11 is 0. The monoisotopic (exact) mass is 423 g/mol. The second kappa shape index (κ2) is 7.79. The van der Waals surface area contributed by atoms with Gasteiger partial charge in [-0.3, -0.25) is 0 Å². The summed E-state index contributed by atoms with van der Waals surface area (Å²) in [6.45, 7) is 8.47. The first kappa shape index (κ1) is 19.6. The lowest BCUT2D eigenvalue weighted by molar-refractivity contribution is 0.986. The number of aromatic amines is 1. The van der Waals surface area contributed by atoms with Crippen LogP contribution in [0.1, 0.15) is 28.7 Å². The van der Waals surface area contributed by atoms with Crippen molar-refractivity contribution in [3.05, 3.63) is 114 Å². The number of aryl methyl sites for hydroxylation is 1. The van der Waals surface area contributed by atoms with E-state index >= 15 is 0 Å². The number of allylic oxidation sites excluding steroid dienone is 1. The molecule has 5 aromatic rings. The quantitative estimate of drug-likeness (QED) is 0.297. The fraction of sp³-hybridized carbons (Fsp3) is 0.0625. The lowest BCUT2D eigenvalue weighted by Gasteiger charge is -2.21. The SMILES string of the molecule is C=Cc1c(C=C)c(-c2c[nH]c3ccccc23)c2ccccc2c1-c1ccc2c(c1)C=CCC2. The lowest BCUT2D eigenvalue weighted by atomic mass is 9.82. The van der Waals surface area contributed by atoms with Crippen molar-refractivity contribution in [2.45, 2.75) is 12.8 Å². The van der Waals surface area contributed by atoms with Crippen LogP contribution in [-0.4, -0.2) is 4.98 Å². The van der Waals surface area contributed by atoms with Gasteiger partial charge in [0.05, 0.1) is 0 Å². The van der Waals surface area contributed by atoms with E-state index in [1.54, 1.807) is 0 Å². The molecule has 0 amide bonds. The van der Waals surface area contributed by atoms with E-state index in [0.29, 0.717) is 0 Å². The molecule has 0 atom stereocenters. The number of hydrogen-bond acceptors (Lipinski definition) is 0. The summed E-state index contributed by atoms with van der Waals surface area (Å²) in [5.41, 5.74) is 11.0. The van der Waals surface area contributed by atoms with Crippen LogP contribution in [0, 0.1) is 0 Å². The number of aromatic nitrogens is 1. The van der Waals surface area contributed by atoms with Gasteiger partial charge in [-0.25, -0.2) is 0 Å². The summed E-state index contributed by atoms with van der Waals surface area (Å²) in [6, 6.07) is 24.1. The molecule has 1 aliphatic rings. The zero-order chi connectivity index (χ0) is 22.4. The third-order valence-electron chi connectivity index (χ3n) is 6.87. The normalized spacial score (nSPS) is 12.7. The Labute approximate surface area is 194 Å². The molecule has 1 aromatic heterocycles. The number of hydrogen-bond donors (Lipinski definition) is 1. The molecule has 1 aliphatic carbocycles. The van der Waals surface area contributed by atoms with E-state index in [4.69, 9.17) is 0 Å². The maximum absolute atomic E-state index is 4.24. The van der Waals surface area contributed by atoms with Gasteiger partial charge >= 0.3 is 0 Å². The average molecular weight is 424 g/mol. The Kier molecular flexibility index (Phi) is 4.62. The zero-order valence-corrected chi connectivity index (χ0v) is 18.6. The molecule has 158 valence electrons. The molecule has 1 heterocycles. The number of H-pyrrole nitrogens is 1. The number of para-hydroxylation sites is 1. The minimum absolute atomic E-state index is 1.11. The number of rotatable bonds is 4. The fourth-order valence-corrected chi connectivity index (χ4v) is 5.36. The minimum atomic E-state index is 1.11. The van der Waals surface area contributed by atoms with Crippen molar-refractivity contribution in [1.82, 2.24) is 4.98 Å². The van der Waals surface area contributed by atoms with Gasteiger partial charge in [0, 0.05) is 22.7 Å². The smallest absolute Gasteiger partial charge is 0.0460 e. The summed E-state index contributed by atoms with van der Waals surface area (Å²) < 4.78 is 0. The van der Waals surface area contributed by atoms with E-state index in [-0.39, 0.29) is 0 Å². The maximum Gasteiger partial charge on any atom is 0.0460 e. The largest absolute Gasteiger partial charge is 0.361 e. The molecule has 6 rings (SSSR count). The molecule has 1 N–H and O–H groups in total. The van der Waals surface area contributed by atoms with Gasteiger partial charge in [-0.2, -0.15) is 0 Å². The van der Waals surface area contributed by atoms with Crippen LogP contribution in [0.25, 0.3) is 62.2 Å². The van der Waals surface area contributed by atoms with E-state index in [9.17, 15) is 0 Å². The molecular weight excluding hydrogens is 398 g/mol. The van der Waals surface area contributed by atoms with Crippen LogP contribution < -0.4 is 0 Å². The molecule has 0 radical (unpaired) electrons. The summed E-state index contributed by atoms with van der Waals surface area (Å²) in [4.78, 5) is 3.45. The molecule has 4 aromatic carbocycles. The van der Waals surface area contributed by atoms with E-state index in [2.05, 4.69) is 103 Å². The van der Waals surface area contributed by atoms with Crippen LogP contribution in [-0.2, 0) is 6.42 Å². The van der Waals surface area contributed by atoms with Gasteiger partial charge in [-0.15, -0.1) is 0 Å².